The molecular weight excluding hydrogens is 440 g/mol. The molecule has 2 aliphatic heterocycles. The summed E-state index contributed by atoms with van der Waals surface area (Å²) in [7, 11) is 0. The van der Waals surface area contributed by atoms with Crippen molar-refractivity contribution in [3.63, 3.8) is 0 Å². The first-order chi connectivity index (χ1) is 17.1. The van der Waals surface area contributed by atoms with E-state index in [9.17, 15) is 5.11 Å². The van der Waals surface area contributed by atoms with Crippen molar-refractivity contribution < 1.29 is 5.11 Å². The van der Waals surface area contributed by atoms with Crippen LogP contribution in [0.25, 0.3) is 11.0 Å². The second-order valence-corrected chi connectivity index (χ2v) is 10.5. The molecule has 1 saturated heterocycles. The molecule has 0 amide bonds. The first-order valence-electron chi connectivity index (χ1n) is 13.1. The molecule has 3 aliphatic rings. The van der Waals surface area contributed by atoms with Gasteiger partial charge in [-0.2, -0.15) is 4.98 Å². The summed E-state index contributed by atoms with van der Waals surface area (Å²) in [5.74, 6) is 1.34. The van der Waals surface area contributed by atoms with Gasteiger partial charge in [-0.25, -0.2) is 9.97 Å². The lowest BCUT2D eigenvalue weighted by molar-refractivity contribution is 0.122. The largest absolute Gasteiger partial charge is 0.392 e. The van der Waals surface area contributed by atoms with Crippen molar-refractivity contribution in [3.8, 4) is 0 Å². The van der Waals surface area contributed by atoms with Crippen LogP contribution in [-0.2, 0) is 12.1 Å². The third-order valence-electron chi connectivity index (χ3n) is 7.88. The predicted molar refractivity (Wildman–Crippen MR) is 138 cm³/mol. The highest BCUT2D eigenvalue weighted by Gasteiger charge is 2.38. The maximum atomic E-state index is 9.62. The molecule has 5 heterocycles. The summed E-state index contributed by atoms with van der Waals surface area (Å²) in [6, 6.07) is 6.36. The maximum Gasteiger partial charge on any atom is 0.230 e. The third-order valence-corrected chi connectivity index (χ3v) is 7.88. The zero-order valence-corrected chi connectivity index (χ0v) is 20.6. The molecule has 35 heavy (non-hydrogen) atoms. The van der Waals surface area contributed by atoms with Crippen molar-refractivity contribution in [2.24, 2.45) is 0 Å². The normalized spacial score (nSPS) is 21.3. The van der Waals surface area contributed by atoms with E-state index < -0.39 is 0 Å². The molecule has 2 fully saturated rings. The number of nitrogens with zero attached hydrogens (tertiary/aromatic N) is 6. The van der Waals surface area contributed by atoms with Gasteiger partial charge in [-0.05, 0) is 38.0 Å². The Balaban J connectivity index is 1.18. The van der Waals surface area contributed by atoms with E-state index >= 15 is 0 Å². The van der Waals surface area contributed by atoms with Crippen molar-refractivity contribution in [3.05, 3.63) is 36.3 Å². The van der Waals surface area contributed by atoms with E-state index in [4.69, 9.17) is 4.98 Å². The van der Waals surface area contributed by atoms with Crippen molar-refractivity contribution >= 4 is 28.5 Å². The fourth-order valence-corrected chi connectivity index (χ4v) is 6.20. The number of anilines is 3. The van der Waals surface area contributed by atoms with Gasteiger partial charge in [0.15, 0.2) is 0 Å². The van der Waals surface area contributed by atoms with E-state index in [1.165, 1.54) is 37.8 Å². The van der Waals surface area contributed by atoms with Gasteiger partial charge in [0.05, 0.1) is 23.5 Å². The minimum atomic E-state index is -0.280. The monoisotopic (exact) mass is 476 g/mol. The average Bonchev–Trinajstić information content (AvgIpc) is 3.25. The summed E-state index contributed by atoms with van der Waals surface area (Å²) in [5.41, 5.74) is 3.61. The van der Waals surface area contributed by atoms with Crippen LogP contribution in [0.1, 0.15) is 44.7 Å². The maximum absolute atomic E-state index is 9.62. The Morgan fingerprint density at radius 3 is 2.66 bits per heavy atom. The summed E-state index contributed by atoms with van der Waals surface area (Å²) in [4.78, 5) is 18.9. The van der Waals surface area contributed by atoms with Gasteiger partial charge >= 0.3 is 0 Å². The topological polar surface area (TPSA) is 94.4 Å². The molecule has 1 saturated carbocycles. The summed E-state index contributed by atoms with van der Waals surface area (Å²) < 4.78 is 2.51. The molecule has 1 aliphatic carbocycles. The number of hydrogen-bond donors (Lipinski definition) is 3. The number of hydrogen-bond acceptors (Lipinski definition) is 8. The number of fused-ring (bicyclic) bond motifs is 4. The van der Waals surface area contributed by atoms with Gasteiger partial charge in [0.1, 0.15) is 11.5 Å². The lowest BCUT2D eigenvalue weighted by atomic mass is 9.80. The second kappa shape index (κ2) is 9.37. The number of nitrogens with one attached hydrogen (secondary N) is 2. The van der Waals surface area contributed by atoms with Gasteiger partial charge in [-0.1, -0.05) is 19.3 Å². The van der Waals surface area contributed by atoms with Crippen LogP contribution in [0.15, 0.2) is 30.6 Å². The summed E-state index contributed by atoms with van der Waals surface area (Å²) >= 11 is 0. The highest BCUT2D eigenvalue weighted by molar-refractivity contribution is 5.78. The SMILES string of the molecule is C[C@H](O)CN1CCN(c2ccc(Nc3ncc4cc5n(c4n3)C3(CCCCC3)CNC5)nc2)CC1. The molecule has 1 atom stereocenters. The van der Waals surface area contributed by atoms with Gasteiger partial charge in [-0.15, -0.1) is 0 Å². The molecule has 0 bridgehead atoms. The van der Waals surface area contributed by atoms with Crippen LogP contribution in [-0.4, -0.2) is 74.9 Å². The van der Waals surface area contributed by atoms with Crippen LogP contribution < -0.4 is 15.5 Å². The smallest absolute Gasteiger partial charge is 0.230 e. The third kappa shape index (κ3) is 4.48. The fourth-order valence-electron chi connectivity index (χ4n) is 6.20. The van der Waals surface area contributed by atoms with Crippen LogP contribution in [0.2, 0.25) is 0 Å². The van der Waals surface area contributed by atoms with Crippen molar-refractivity contribution in [2.75, 3.05) is 49.5 Å². The molecule has 186 valence electrons. The van der Waals surface area contributed by atoms with Crippen molar-refractivity contribution in [2.45, 2.75) is 57.2 Å². The summed E-state index contributed by atoms with van der Waals surface area (Å²) in [6.07, 6.45) is 9.89. The minimum absolute atomic E-state index is 0.137. The lowest BCUT2D eigenvalue weighted by Crippen LogP contribution is -2.49. The Morgan fingerprint density at radius 1 is 1.09 bits per heavy atom. The molecule has 0 aromatic carbocycles. The zero-order valence-electron chi connectivity index (χ0n) is 20.6. The van der Waals surface area contributed by atoms with Crippen LogP contribution in [0.3, 0.4) is 0 Å². The van der Waals surface area contributed by atoms with E-state index in [1.807, 2.05) is 25.4 Å². The Hall–Kier alpha value is -2.75. The van der Waals surface area contributed by atoms with E-state index in [-0.39, 0.29) is 11.6 Å². The Labute approximate surface area is 206 Å². The lowest BCUT2D eigenvalue weighted by Gasteiger charge is -2.43. The van der Waals surface area contributed by atoms with Gasteiger partial charge < -0.3 is 25.2 Å². The zero-order chi connectivity index (χ0) is 23.8. The van der Waals surface area contributed by atoms with Gasteiger partial charge in [0.25, 0.3) is 0 Å². The molecule has 3 N–H and O–H groups in total. The fraction of sp³-hybridized carbons (Fsp3) is 0.577. The average molecular weight is 477 g/mol. The second-order valence-electron chi connectivity index (χ2n) is 10.5. The van der Waals surface area contributed by atoms with Gasteiger partial charge in [-0.3, -0.25) is 4.90 Å². The highest BCUT2D eigenvalue weighted by atomic mass is 16.3. The molecule has 0 radical (unpaired) electrons. The highest BCUT2D eigenvalue weighted by Crippen LogP contribution is 2.40. The van der Waals surface area contributed by atoms with Gasteiger partial charge in [0, 0.05) is 63.1 Å². The van der Waals surface area contributed by atoms with Crippen LogP contribution >= 0.6 is 0 Å². The summed E-state index contributed by atoms with van der Waals surface area (Å²) in [6.45, 7) is 8.29. The number of aliphatic hydroxyl groups excluding tert-OH is 1. The Morgan fingerprint density at radius 2 is 1.91 bits per heavy atom. The van der Waals surface area contributed by atoms with Gasteiger partial charge in [0.2, 0.25) is 5.95 Å². The minimum Gasteiger partial charge on any atom is -0.392 e. The number of piperazine rings is 1. The van der Waals surface area contributed by atoms with Crippen LogP contribution in [0.4, 0.5) is 17.5 Å². The molecule has 9 nitrogen and oxygen atoms in total. The quantitative estimate of drug-likeness (QED) is 0.518. The Kier molecular flexibility index (Phi) is 6.07. The predicted octanol–water partition coefficient (Wildman–Crippen LogP) is 2.84. The van der Waals surface area contributed by atoms with Crippen molar-refractivity contribution in [1.29, 1.82) is 0 Å². The van der Waals surface area contributed by atoms with Crippen LogP contribution in [0, 0.1) is 0 Å². The molecule has 9 heteroatoms. The first kappa shape index (κ1) is 22.7. The molecule has 1 spiro atoms. The Bertz CT molecular complexity index is 1160. The molecule has 6 rings (SSSR count). The standard InChI is InChI=1S/C26H36N8O/c1-19(35)17-32-9-11-33(12-10-32)21-5-6-23(28-16-21)30-25-29-14-20-13-22-15-27-18-26(7-3-2-4-8-26)34(22)24(20)31-25/h5-6,13-14,16,19,27,35H,2-4,7-12,15,17-18H2,1H3,(H,28,29,30,31)/t19-/m0/s1. The van der Waals surface area contributed by atoms with E-state index in [2.05, 4.69) is 47.1 Å². The number of pyridine rings is 1. The molecular formula is C26H36N8O. The first-order valence-corrected chi connectivity index (χ1v) is 13.1. The number of aliphatic hydroxyl groups is 1. The van der Waals surface area contributed by atoms with E-state index in [0.29, 0.717) is 5.95 Å². The van der Waals surface area contributed by atoms with Crippen LogP contribution in [0.5, 0.6) is 0 Å². The number of rotatable bonds is 5. The summed E-state index contributed by atoms with van der Waals surface area (Å²) in [5, 5.41) is 17.7. The van der Waals surface area contributed by atoms with E-state index in [0.717, 1.165) is 68.4 Å². The molecule has 3 aromatic heterocycles. The van der Waals surface area contributed by atoms with Crippen molar-refractivity contribution in [1.82, 2.24) is 29.7 Å². The number of β-amino-alcohol motifs (C(OH)–C–C–N with tert-alkyl or cyclic N) is 1. The molecule has 0 unspecified atom stereocenters. The molecule has 3 aromatic rings. The number of aromatic nitrogens is 4. The van der Waals surface area contributed by atoms with E-state index in [1.54, 1.807) is 0 Å².